The number of nitrogens with zero attached hydrogens (tertiary/aromatic N) is 1. The van der Waals surface area contributed by atoms with Crippen LogP contribution >= 0.6 is 0 Å². The minimum absolute atomic E-state index is 0.424. The van der Waals surface area contributed by atoms with E-state index in [1.54, 1.807) is 7.11 Å². The molecule has 3 heteroatoms. The van der Waals surface area contributed by atoms with Crippen molar-refractivity contribution >= 4 is 0 Å². The van der Waals surface area contributed by atoms with Crippen molar-refractivity contribution in [3.05, 3.63) is 23.4 Å². The highest BCUT2D eigenvalue weighted by Gasteiger charge is 2.06. The Bertz CT molecular complexity index is 335. The number of hydrogen-bond donors (Lipinski definition) is 1. The summed E-state index contributed by atoms with van der Waals surface area (Å²) in [7, 11) is 1.66. The van der Waals surface area contributed by atoms with Crippen LogP contribution < -0.4 is 10.1 Å². The number of pyridine rings is 1. The molecule has 0 aliphatic carbocycles. The molecule has 0 amide bonds. The number of ether oxygens (including phenoxy) is 1. The molecule has 0 aliphatic rings. The average molecular weight is 222 g/mol. The summed E-state index contributed by atoms with van der Waals surface area (Å²) in [6.07, 6.45) is 0. The first-order valence-electron chi connectivity index (χ1n) is 5.81. The predicted octanol–water partition coefficient (Wildman–Crippen LogP) is 2.71. The fraction of sp³-hybridized carbons (Fsp3) is 0.615. The van der Waals surface area contributed by atoms with Crippen LogP contribution in [0.25, 0.3) is 0 Å². The van der Waals surface area contributed by atoms with Crippen molar-refractivity contribution in [3.63, 3.8) is 0 Å². The van der Waals surface area contributed by atoms with Crippen LogP contribution in [0.3, 0.4) is 0 Å². The molecule has 0 fully saturated rings. The molecule has 0 spiro atoms. The minimum atomic E-state index is 0.424. The Kier molecular flexibility index (Phi) is 4.74. The molecule has 90 valence electrons. The van der Waals surface area contributed by atoms with Crippen LogP contribution in [-0.4, -0.2) is 18.1 Å². The minimum Gasteiger partial charge on any atom is -0.481 e. The van der Waals surface area contributed by atoms with E-state index in [9.17, 15) is 0 Å². The van der Waals surface area contributed by atoms with E-state index in [0.29, 0.717) is 17.8 Å². The van der Waals surface area contributed by atoms with Crippen molar-refractivity contribution in [2.75, 3.05) is 7.11 Å². The van der Waals surface area contributed by atoms with Gasteiger partial charge in [0.2, 0.25) is 5.88 Å². The lowest BCUT2D eigenvalue weighted by atomic mass is 10.1. The van der Waals surface area contributed by atoms with E-state index in [2.05, 4.69) is 44.1 Å². The highest BCUT2D eigenvalue weighted by Crippen LogP contribution is 2.18. The fourth-order valence-corrected chi connectivity index (χ4v) is 1.41. The van der Waals surface area contributed by atoms with Crippen LogP contribution in [0.4, 0.5) is 0 Å². The lowest BCUT2D eigenvalue weighted by molar-refractivity contribution is 0.394. The first kappa shape index (κ1) is 13.0. The van der Waals surface area contributed by atoms with Gasteiger partial charge in [-0.1, -0.05) is 27.7 Å². The van der Waals surface area contributed by atoms with Gasteiger partial charge in [0, 0.05) is 24.3 Å². The highest BCUT2D eigenvalue weighted by atomic mass is 16.5. The fourth-order valence-electron chi connectivity index (χ4n) is 1.41. The Hall–Kier alpha value is -1.09. The zero-order valence-electron chi connectivity index (χ0n) is 10.9. The molecule has 0 unspecified atom stereocenters. The molecule has 0 aromatic carbocycles. The summed E-state index contributed by atoms with van der Waals surface area (Å²) in [6, 6.07) is 4.62. The predicted molar refractivity (Wildman–Crippen MR) is 66.9 cm³/mol. The Balaban J connectivity index is 2.86. The molecule has 1 heterocycles. The smallest absolute Gasteiger partial charge is 0.213 e. The third-order valence-electron chi connectivity index (χ3n) is 2.40. The molecule has 1 aromatic rings. The van der Waals surface area contributed by atoms with Crippen molar-refractivity contribution in [3.8, 4) is 5.88 Å². The maximum absolute atomic E-state index is 5.21. The molecule has 0 atom stereocenters. The number of rotatable bonds is 5. The van der Waals surface area contributed by atoms with E-state index >= 15 is 0 Å². The van der Waals surface area contributed by atoms with Gasteiger partial charge in [-0.05, 0) is 17.5 Å². The third kappa shape index (κ3) is 3.81. The molecule has 3 nitrogen and oxygen atoms in total. The van der Waals surface area contributed by atoms with Gasteiger partial charge in [-0.15, -0.1) is 0 Å². The monoisotopic (exact) mass is 222 g/mol. The highest BCUT2D eigenvalue weighted by molar-refractivity contribution is 5.26. The molecule has 1 aromatic heterocycles. The van der Waals surface area contributed by atoms with Gasteiger partial charge in [0.25, 0.3) is 0 Å². The third-order valence-corrected chi connectivity index (χ3v) is 2.40. The standard InChI is InChI=1S/C13H22N2O/c1-9(2)12-6-11(8-14-10(3)4)7-13(15-12)16-5/h6-7,9-10,14H,8H2,1-5H3. The first-order valence-corrected chi connectivity index (χ1v) is 5.81. The largest absolute Gasteiger partial charge is 0.481 e. The van der Waals surface area contributed by atoms with Gasteiger partial charge in [0.05, 0.1) is 7.11 Å². The first-order chi connectivity index (χ1) is 7.52. The molecule has 0 bridgehead atoms. The Labute approximate surface area is 98.2 Å². The molecule has 0 saturated heterocycles. The van der Waals surface area contributed by atoms with Crippen LogP contribution in [0.15, 0.2) is 12.1 Å². The second-order valence-corrected chi connectivity index (χ2v) is 4.63. The van der Waals surface area contributed by atoms with Crippen molar-refractivity contribution in [1.29, 1.82) is 0 Å². The Morgan fingerprint density at radius 2 is 1.94 bits per heavy atom. The van der Waals surface area contributed by atoms with Crippen LogP contribution in [-0.2, 0) is 6.54 Å². The SMILES string of the molecule is COc1cc(CNC(C)C)cc(C(C)C)n1. The van der Waals surface area contributed by atoms with E-state index in [1.807, 2.05) is 6.07 Å². The van der Waals surface area contributed by atoms with Crippen LogP contribution in [0.2, 0.25) is 0 Å². The Morgan fingerprint density at radius 1 is 1.25 bits per heavy atom. The summed E-state index contributed by atoms with van der Waals surface area (Å²) in [5.74, 6) is 1.12. The van der Waals surface area contributed by atoms with Gasteiger partial charge in [0.1, 0.15) is 0 Å². The topological polar surface area (TPSA) is 34.1 Å². The van der Waals surface area contributed by atoms with Crippen LogP contribution in [0.5, 0.6) is 5.88 Å². The lowest BCUT2D eigenvalue weighted by Gasteiger charge is -2.12. The van der Waals surface area contributed by atoms with E-state index in [0.717, 1.165) is 12.2 Å². The van der Waals surface area contributed by atoms with Crippen LogP contribution in [0, 0.1) is 0 Å². The zero-order valence-corrected chi connectivity index (χ0v) is 10.9. The lowest BCUT2D eigenvalue weighted by Crippen LogP contribution is -2.22. The van der Waals surface area contributed by atoms with Gasteiger partial charge in [0.15, 0.2) is 0 Å². The average Bonchev–Trinajstić information content (AvgIpc) is 2.25. The summed E-state index contributed by atoms with van der Waals surface area (Å²) < 4.78 is 5.21. The molecular weight excluding hydrogens is 200 g/mol. The number of methoxy groups -OCH3 is 1. The van der Waals surface area contributed by atoms with Gasteiger partial charge < -0.3 is 10.1 Å². The van der Waals surface area contributed by atoms with Gasteiger partial charge in [-0.3, -0.25) is 0 Å². The molecule has 0 aliphatic heterocycles. The normalized spacial score (nSPS) is 11.2. The zero-order chi connectivity index (χ0) is 12.1. The van der Waals surface area contributed by atoms with Gasteiger partial charge in [-0.2, -0.15) is 0 Å². The molecular formula is C13H22N2O. The second-order valence-electron chi connectivity index (χ2n) is 4.63. The molecule has 0 radical (unpaired) electrons. The van der Waals surface area contributed by atoms with Gasteiger partial charge >= 0.3 is 0 Å². The molecule has 1 N–H and O–H groups in total. The van der Waals surface area contributed by atoms with Crippen LogP contribution in [0.1, 0.15) is 44.9 Å². The summed E-state index contributed by atoms with van der Waals surface area (Å²) in [6.45, 7) is 9.42. The maximum Gasteiger partial charge on any atom is 0.213 e. The van der Waals surface area contributed by atoms with E-state index in [1.165, 1.54) is 5.56 Å². The molecule has 16 heavy (non-hydrogen) atoms. The Morgan fingerprint density at radius 3 is 2.44 bits per heavy atom. The van der Waals surface area contributed by atoms with E-state index < -0.39 is 0 Å². The van der Waals surface area contributed by atoms with Crippen molar-refractivity contribution in [1.82, 2.24) is 10.3 Å². The quantitative estimate of drug-likeness (QED) is 0.831. The number of aromatic nitrogens is 1. The van der Waals surface area contributed by atoms with Crippen molar-refractivity contribution in [2.45, 2.75) is 46.2 Å². The van der Waals surface area contributed by atoms with E-state index in [-0.39, 0.29) is 0 Å². The number of hydrogen-bond acceptors (Lipinski definition) is 3. The number of nitrogens with one attached hydrogen (secondary N) is 1. The summed E-state index contributed by atoms with van der Waals surface area (Å²) in [5.41, 5.74) is 2.31. The molecule has 1 rings (SSSR count). The molecule has 0 saturated carbocycles. The maximum atomic E-state index is 5.21. The second kappa shape index (κ2) is 5.85. The summed E-state index contributed by atoms with van der Waals surface area (Å²) in [4.78, 5) is 4.43. The van der Waals surface area contributed by atoms with Crippen molar-refractivity contribution < 1.29 is 4.74 Å². The van der Waals surface area contributed by atoms with Gasteiger partial charge in [-0.25, -0.2) is 4.98 Å². The summed E-state index contributed by atoms with van der Waals surface area (Å²) >= 11 is 0. The van der Waals surface area contributed by atoms with E-state index in [4.69, 9.17) is 4.74 Å². The van der Waals surface area contributed by atoms with Crippen molar-refractivity contribution in [2.24, 2.45) is 0 Å². The summed E-state index contributed by atoms with van der Waals surface area (Å²) in [5, 5.41) is 3.40.